The molecule has 1 aliphatic carbocycles. The third kappa shape index (κ3) is 6.73. The number of carbonyl (C=O) groups excluding carboxylic acids is 2. The molecule has 2 aliphatic rings. The maximum atomic E-state index is 14.4. The van der Waals surface area contributed by atoms with Crippen molar-refractivity contribution in [1.29, 1.82) is 0 Å². The second-order valence-corrected chi connectivity index (χ2v) is 10.6. The zero-order chi connectivity index (χ0) is 28.6. The van der Waals surface area contributed by atoms with Crippen LogP contribution in [0.5, 0.6) is 11.5 Å². The summed E-state index contributed by atoms with van der Waals surface area (Å²) in [7, 11) is 1.60. The molecule has 0 radical (unpaired) electrons. The summed E-state index contributed by atoms with van der Waals surface area (Å²) < 4.78 is 24.0. The summed E-state index contributed by atoms with van der Waals surface area (Å²) >= 11 is 0. The van der Waals surface area contributed by atoms with Gasteiger partial charge in [0.2, 0.25) is 0 Å². The van der Waals surface area contributed by atoms with E-state index in [0.717, 1.165) is 47.9 Å². The number of benzene rings is 3. The first kappa shape index (κ1) is 28.7. The second kappa shape index (κ2) is 13.7. The van der Waals surface area contributed by atoms with Crippen molar-refractivity contribution in [2.24, 2.45) is 0 Å². The van der Waals surface area contributed by atoms with Gasteiger partial charge in [-0.3, -0.25) is 4.79 Å². The monoisotopic (exact) mass is 557 g/mol. The summed E-state index contributed by atoms with van der Waals surface area (Å²) in [5.41, 5.74) is 3.57. The van der Waals surface area contributed by atoms with Gasteiger partial charge in [-0.25, -0.2) is 4.79 Å². The van der Waals surface area contributed by atoms with Crippen molar-refractivity contribution >= 4 is 11.9 Å². The number of ether oxygens (including phenoxy) is 4. The Hall–Kier alpha value is -3.84. The predicted octanol–water partition coefficient (Wildman–Crippen LogP) is 6.18. The fourth-order valence-corrected chi connectivity index (χ4v) is 5.80. The lowest BCUT2D eigenvalue weighted by atomic mass is 9.91. The molecule has 1 saturated carbocycles. The molecule has 0 saturated heterocycles. The van der Waals surface area contributed by atoms with Crippen LogP contribution in [0, 0.1) is 0 Å². The molecule has 1 heterocycles. The van der Waals surface area contributed by atoms with Crippen molar-refractivity contribution in [1.82, 2.24) is 4.90 Å². The third-order valence-corrected chi connectivity index (χ3v) is 7.93. The number of rotatable bonds is 10. The third-order valence-electron chi connectivity index (χ3n) is 7.93. The molecule has 5 rings (SSSR count). The molecule has 0 spiro atoms. The molecule has 7 nitrogen and oxygen atoms in total. The molecule has 3 aromatic rings. The van der Waals surface area contributed by atoms with E-state index in [1.165, 1.54) is 6.42 Å². The maximum absolute atomic E-state index is 14.4. The Morgan fingerprint density at radius 1 is 0.927 bits per heavy atom. The van der Waals surface area contributed by atoms with Crippen molar-refractivity contribution in [3.63, 3.8) is 0 Å². The molecule has 41 heavy (non-hydrogen) atoms. The smallest absolute Gasteiger partial charge is 0.329 e. The second-order valence-electron chi connectivity index (χ2n) is 10.6. The van der Waals surface area contributed by atoms with Crippen LogP contribution in [0.1, 0.15) is 67.4 Å². The minimum atomic E-state index is -0.817. The Labute approximate surface area is 242 Å². The average molecular weight is 558 g/mol. The summed E-state index contributed by atoms with van der Waals surface area (Å²) in [5, 5.41) is 0. The van der Waals surface area contributed by atoms with Crippen molar-refractivity contribution in [2.75, 3.05) is 13.7 Å². The number of amides is 1. The summed E-state index contributed by atoms with van der Waals surface area (Å²) in [5.74, 6) is 0.513. The number of esters is 1. The van der Waals surface area contributed by atoms with E-state index in [2.05, 4.69) is 0 Å². The zero-order valence-corrected chi connectivity index (χ0v) is 23.9. The minimum absolute atomic E-state index is 0.0123. The molecule has 2 atom stereocenters. The first-order chi connectivity index (χ1) is 20.1. The summed E-state index contributed by atoms with van der Waals surface area (Å²) in [6.07, 6.45) is 4.71. The van der Waals surface area contributed by atoms with E-state index in [9.17, 15) is 9.59 Å². The summed E-state index contributed by atoms with van der Waals surface area (Å²) in [4.78, 5) is 29.4. The molecular weight excluding hydrogens is 518 g/mol. The van der Waals surface area contributed by atoms with Crippen LogP contribution in [0.2, 0.25) is 0 Å². The van der Waals surface area contributed by atoms with E-state index in [1.807, 2.05) is 72.8 Å². The van der Waals surface area contributed by atoms with Crippen LogP contribution in [0.4, 0.5) is 0 Å². The fourth-order valence-electron chi connectivity index (χ4n) is 5.80. The quantitative estimate of drug-likeness (QED) is 0.277. The first-order valence-electron chi connectivity index (χ1n) is 14.6. The van der Waals surface area contributed by atoms with Crippen LogP contribution in [0.15, 0.2) is 72.8 Å². The average Bonchev–Trinajstić information content (AvgIpc) is 3.03. The van der Waals surface area contributed by atoms with E-state index in [4.69, 9.17) is 18.9 Å². The molecule has 1 amide bonds. The highest BCUT2D eigenvalue weighted by Crippen LogP contribution is 2.40. The largest absolute Gasteiger partial charge is 0.493 e. The molecule has 3 aromatic carbocycles. The van der Waals surface area contributed by atoms with Crippen LogP contribution >= 0.6 is 0 Å². The van der Waals surface area contributed by atoms with Gasteiger partial charge in [-0.1, -0.05) is 86.0 Å². The van der Waals surface area contributed by atoms with Gasteiger partial charge in [0.1, 0.15) is 12.6 Å². The number of hydrogen-bond donors (Lipinski definition) is 0. The Morgan fingerprint density at radius 3 is 2.32 bits per heavy atom. The van der Waals surface area contributed by atoms with Crippen LogP contribution in [-0.2, 0) is 38.6 Å². The highest BCUT2D eigenvalue weighted by Gasteiger charge is 2.41. The van der Waals surface area contributed by atoms with Crippen LogP contribution in [0.3, 0.4) is 0 Å². The lowest BCUT2D eigenvalue weighted by Crippen LogP contribution is -2.51. The Morgan fingerprint density at radius 2 is 1.63 bits per heavy atom. The standard InChI is InChI=1S/C34H39NO6/c1-3-39-34(37)29-21-28-26(19-20-30(38-2)32(28)40-23-24-13-7-4-8-14-24)22-35(29)33(36)31(25-15-9-5-10-16-25)41-27-17-11-6-12-18-27/h4-5,7-10,13-16,19-20,27,29,31H,3,6,11-12,17-18,21-23H2,1-2H3/t29-,31-/m0/s1. The van der Waals surface area contributed by atoms with Gasteiger partial charge in [0, 0.05) is 18.5 Å². The topological polar surface area (TPSA) is 74.3 Å². The molecule has 216 valence electrons. The van der Waals surface area contributed by atoms with Gasteiger partial charge in [-0.05, 0) is 42.5 Å². The van der Waals surface area contributed by atoms with E-state index >= 15 is 0 Å². The molecule has 0 bridgehead atoms. The van der Waals surface area contributed by atoms with E-state index < -0.39 is 18.1 Å². The molecule has 0 aromatic heterocycles. The fraction of sp³-hybridized carbons (Fsp3) is 0.412. The maximum Gasteiger partial charge on any atom is 0.329 e. The van der Waals surface area contributed by atoms with E-state index in [-0.39, 0.29) is 31.6 Å². The number of carbonyl (C=O) groups is 2. The van der Waals surface area contributed by atoms with Crippen LogP contribution < -0.4 is 9.47 Å². The van der Waals surface area contributed by atoms with Crippen molar-refractivity contribution < 1.29 is 28.5 Å². The predicted molar refractivity (Wildman–Crippen MR) is 156 cm³/mol. The summed E-state index contributed by atoms with van der Waals surface area (Å²) in [6, 6.07) is 22.5. The molecule has 1 aliphatic heterocycles. The number of hydrogen-bond acceptors (Lipinski definition) is 6. The molecule has 0 N–H and O–H groups in total. The Kier molecular flexibility index (Phi) is 9.57. The number of fused-ring (bicyclic) bond motifs is 1. The zero-order valence-electron chi connectivity index (χ0n) is 23.9. The molecular formula is C34H39NO6. The van der Waals surface area contributed by atoms with E-state index in [0.29, 0.717) is 18.1 Å². The molecule has 1 fully saturated rings. The van der Waals surface area contributed by atoms with Gasteiger partial charge in [0.05, 0.1) is 19.8 Å². The number of methoxy groups -OCH3 is 1. The lowest BCUT2D eigenvalue weighted by Gasteiger charge is -2.39. The Balaban J connectivity index is 1.48. The van der Waals surface area contributed by atoms with Crippen molar-refractivity contribution in [3.05, 3.63) is 95.1 Å². The van der Waals surface area contributed by atoms with Crippen molar-refractivity contribution in [3.8, 4) is 11.5 Å². The van der Waals surface area contributed by atoms with Gasteiger partial charge < -0.3 is 23.8 Å². The van der Waals surface area contributed by atoms with Gasteiger partial charge in [0.15, 0.2) is 17.6 Å². The van der Waals surface area contributed by atoms with Gasteiger partial charge in [-0.2, -0.15) is 0 Å². The van der Waals surface area contributed by atoms with Gasteiger partial charge >= 0.3 is 5.97 Å². The normalized spacial score (nSPS) is 17.8. The van der Waals surface area contributed by atoms with Gasteiger partial charge in [0.25, 0.3) is 5.91 Å². The minimum Gasteiger partial charge on any atom is -0.493 e. The van der Waals surface area contributed by atoms with Crippen LogP contribution in [0.25, 0.3) is 0 Å². The van der Waals surface area contributed by atoms with Crippen molar-refractivity contribution in [2.45, 2.75) is 76.9 Å². The first-order valence-corrected chi connectivity index (χ1v) is 14.6. The highest BCUT2D eigenvalue weighted by molar-refractivity contribution is 5.89. The molecule has 0 unspecified atom stereocenters. The molecule has 7 heteroatoms. The van der Waals surface area contributed by atoms with E-state index in [1.54, 1.807) is 18.9 Å². The Bertz CT molecular complexity index is 1310. The highest BCUT2D eigenvalue weighted by atomic mass is 16.5. The van der Waals surface area contributed by atoms with Crippen LogP contribution in [-0.4, -0.2) is 42.6 Å². The number of nitrogens with zero attached hydrogens (tertiary/aromatic N) is 1. The SMILES string of the molecule is CCOC(=O)[C@@H]1Cc2c(ccc(OC)c2OCc2ccccc2)CN1C(=O)[C@@H](OC1CCCCC1)c1ccccc1. The van der Waals surface area contributed by atoms with Gasteiger partial charge in [-0.15, -0.1) is 0 Å². The lowest BCUT2D eigenvalue weighted by molar-refractivity contribution is -0.163. The summed E-state index contributed by atoms with van der Waals surface area (Å²) in [6.45, 7) is 2.59.